The smallest absolute Gasteiger partial charge is 0.0704 e. The third kappa shape index (κ3) is 5.10. The van der Waals surface area contributed by atoms with Crippen molar-refractivity contribution in [3.63, 3.8) is 0 Å². The monoisotopic (exact) mass is 300 g/mol. The molecule has 0 spiro atoms. The molecule has 122 valence electrons. The number of allylic oxidation sites excluding steroid dienone is 1. The van der Waals surface area contributed by atoms with Gasteiger partial charge >= 0.3 is 0 Å². The molecule has 0 amide bonds. The van der Waals surface area contributed by atoms with E-state index in [-0.39, 0.29) is 0 Å². The van der Waals surface area contributed by atoms with Crippen LogP contribution in [0.3, 0.4) is 0 Å². The van der Waals surface area contributed by atoms with Crippen molar-refractivity contribution in [3.8, 4) is 0 Å². The van der Waals surface area contributed by atoms with Crippen LogP contribution in [-0.2, 0) is 0 Å². The molecule has 0 aliphatic carbocycles. The fourth-order valence-corrected chi connectivity index (χ4v) is 2.91. The van der Waals surface area contributed by atoms with E-state index in [0.717, 1.165) is 36.3 Å². The molecule has 0 N–H and O–H groups in total. The Balaban J connectivity index is 3.04. The molecule has 0 aliphatic rings. The Hall–Kier alpha value is -1.41. The summed E-state index contributed by atoms with van der Waals surface area (Å²) in [6.45, 7) is 17.3. The van der Waals surface area contributed by atoms with Crippen molar-refractivity contribution in [2.45, 2.75) is 59.9 Å². The number of para-hydroxylation sites is 1. The lowest BCUT2D eigenvalue weighted by Crippen LogP contribution is -2.40. The van der Waals surface area contributed by atoms with Crippen LogP contribution >= 0.6 is 0 Å². The normalized spacial score (nSPS) is 13.5. The molecule has 0 saturated carbocycles. The highest BCUT2D eigenvalue weighted by Crippen LogP contribution is 2.26. The number of hydrogen-bond acceptors (Lipinski definition) is 2. The van der Waals surface area contributed by atoms with Gasteiger partial charge in [0.15, 0.2) is 0 Å². The zero-order valence-corrected chi connectivity index (χ0v) is 15.0. The highest BCUT2D eigenvalue weighted by atomic mass is 15.2. The number of hydrogen-bond donors (Lipinski definition) is 0. The molecule has 1 aromatic rings. The summed E-state index contributed by atoms with van der Waals surface area (Å²) in [6.07, 6.45) is 3.59. The number of rotatable bonds is 9. The van der Waals surface area contributed by atoms with Crippen molar-refractivity contribution >= 4 is 17.0 Å². The topological polar surface area (TPSA) is 15.6 Å². The maximum atomic E-state index is 4.94. The summed E-state index contributed by atoms with van der Waals surface area (Å²) in [6, 6.07) is 8.71. The average Bonchev–Trinajstić information content (AvgIpc) is 2.51. The van der Waals surface area contributed by atoms with Crippen LogP contribution in [0.2, 0.25) is 0 Å². The second-order valence-corrected chi connectivity index (χ2v) is 5.96. The van der Waals surface area contributed by atoms with E-state index in [1.54, 1.807) is 0 Å². The van der Waals surface area contributed by atoms with Crippen molar-refractivity contribution in [2.24, 2.45) is 4.99 Å². The minimum atomic E-state index is 0.426. The third-order valence-corrected chi connectivity index (χ3v) is 4.18. The summed E-state index contributed by atoms with van der Waals surface area (Å²) in [4.78, 5) is 7.49. The number of aliphatic imine (C=N–C) groups is 1. The predicted molar refractivity (Wildman–Crippen MR) is 100 cm³/mol. The van der Waals surface area contributed by atoms with Gasteiger partial charge in [-0.15, -0.1) is 0 Å². The zero-order chi connectivity index (χ0) is 16.5. The second-order valence-electron chi connectivity index (χ2n) is 5.96. The first kappa shape index (κ1) is 18.6. The minimum absolute atomic E-state index is 0.426. The molecule has 0 bridgehead atoms. The van der Waals surface area contributed by atoms with Crippen molar-refractivity contribution in [2.75, 3.05) is 13.1 Å². The van der Waals surface area contributed by atoms with E-state index in [4.69, 9.17) is 4.99 Å². The highest BCUT2D eigenvalue weighted by molar-refractivity contribution is 5.91. The molecular weight excluding hydrogens is 268 g/mol. The van der Waals surface area contributed by atoms with Crippen LogP contribution < -0.4 is 0 Å². The summed E-state index contributed by atoms with van der Waals surface area (Å²) < 4.78 is 0. The molecular formula is C20H32N2. The average molecular weight is 300 g/mol. The molecule has 1 rings (SSSR count). The van der Waals surface area contributed by atoms with E-state index in [0.29, 0.717) is 6.04 Å². The third-order valence-electron chi connectivity index (χ3n) is 4.18. The Morgan fingerprint density at radius 3 is 2.41 bits per heavy atom. The quantitative estimate of drug-likeness (QED) is 0.533. The molecule has 0 saturated heterocycles. The molecule has 0 radical (unpaired) electrons. The Kier molecular flexibility index (Phi) is 8.11. The maximum Gasteiger partial charge on any atom is 0.0704 e. The second kappa shape index (κ2) is 9.58. The first-order valence-electron chi connectivity index (χ1n) is 8.59. The fourth-order valence-electron chi connectivity index (χ4n) is 2.91. The Bertz CT molecular complexity index is 502. The zero-order valence-electron chi connectivity index (χ0n) is 15.0. The van der Waals surface area contributed by atoms with Gasteiger partial charge in [-0.1, -0.05) is 52.0 Å². The van der Waals surface area contributed by atoms with E-state index in [2.05, 4.69) is 57.4 Å². The molecule has 1 atom stereocenters. The van der Waals surface area contributed by atoms with E-state index in [1.165, 1.54) is 18.6 Å². The Morgan fingerprint density at radius 2 is 1.86 bits per heavy atom. The molecule has 1 unspecified atom stereocenters. The fraction of sp³-hybridized carbons (Fsp3) is 0.550. The SMILES string of the molecule is C=C(C)c1ccccc1N=C(C)C(CC)N(CC)CCCC. The van der Waals surface area contributed by atoms with Crippen LogP contribution in [0.5, 0.6) is 0 Å². The number of benzene rings is 1. The van der Waals surface area contributed by atoms with Gasteiger partial charge in [0.05, 0.1) is 5.69 Å². The lowest BCUT2D eigenvalue weighted by molar-refractivity contribution is 0.245. The molecule has 2 heteroatoms. The number of unbranched alkanes of at least 4 members (excludes halogenated alkanes) is 1. The first-order valence-corrected chi connectivity index (χ1v) is 8.59. The Labute approximate surface area is 137 Å². The highest BCUT2D eigenvalue weighted by Gasteiger charge is 2.18. The van der Waals surface area contributed by atoms with Crippen molar-refractivity contribution in [1.82, 2.24) is 4.90 Å². The van der Waals surface area contributed by atoms with E-state index in [1.807, 2.05) is 13.0 Å². The van der Waals surface area contributed by atoms with Crippen LogP contribution in [0.15, 0.2) is 35.8 Å². The molecule has 22 heavy (non-hydrogen) atoms. The van der Waals surface area contributed by atoms with Crippen LogP contribution in [0, 0.1) is 0 Å². The van der Waals surface area contributed by atoms with Crippen molar-refractivity contribution in [1.29, 1.82) is 0 Å². The van der Waals surface area contributed by atoms with Gasteiger partial charge in [-0.2, -0.15) is 0 Å². The number of nitrogens with zero attached hydrogens (tertiary/aromatic N) is 2. The lowest BCUT2D eigenvalue weighted by atomic mass is 10.1. The van der Waals surface area contributed by atoms with Crippen LogP contribution in [0.25, 0.3) is 5.57 Å². The summed E-state index contributed by atoms with van der Waals surface area (Å²) in [5.41, 5.74) is 4.46. The molecule has 0 aromatic heterocycles. The molecule has 0 aliphatic heterocycles. The summed E-state index contributed by atoms with van der Waals surface area (Å²) in [7, 11) is 0. The van der Waals surface area contributed by atoms with Gasteiger partial charge in [-0.25, -0.2) is 0 Å². The van der Waals surface area contributed by atoms with Crippen LogP contribution in [0.1, 0.15) is 59.4 Å². The van der Waals surface area contributed by atoms with Gasteiger partial charge in [-0.3, -0.25) is 9.89 Å². The molecule has 0 fully saturated rings. The largest absolute Gasteiger partial charge is 0.295 e. The van der Waals surface area contributed by atoms with E-state index >= 15 is 0 Å². The molecule has 0 heterocycles. The minimum Gasteiger partial charge on any atom is -0.295 e. The maximum absolute atomic E-state index is 4.94. The predicted octanol–water partition coefficient (Wildman–Crippen LogP) is 5.71. The van der Waals surface area contributed by atoms with Gasteiger partial charge in [0.1, 0.15) is 0 Å². The summed E-state index contributed by atoms with van der Waals surface area (Å²) in [5, 5.41) is 0. The van der Waals surface area contributed by atoms with Crippen LogP contribution in [0.4, 0.5) is 5.69 Å². The van der Waals surface area contributed by atoms with Crippen molar-refractivity contribution < 1.29 is 0 Å². The summed E-state index contributed by atoms with van der Waals surface area (Å²) in [5.74, 6) is 0. The van der Waals surface area contributed by atoms with E-state index < -0.39 is 0 Å². The van der Waals surface area contributed by atoms with Gasteiger partial charge in [-0.05, 0) is 51.4 Å². The van der Waals surface area contributed by atoms with Crippen LogP contribution in [-0.4, -0.2) is 29.7 Å². The van der Waals surface area contributed by atoms with Gasteiger partial charge < -0.3 is 0 Å². The van der Waals surface area contributed by atoms with Gasteiger partial charge in [0.25, 0.3) is 0 Å². The van der Waals surface area contributed by atoms with Crippen molar-refractivity contribution in [3.05, 3.63) is 36.4 Å². The van der Waals surface area contributed by atoms with Gasteiger partial charge in [0, 0.05) is 17.3 Å². The lowest BCUT2D eigenvalue weighted by Gasteiger charge is -2.30. The summed E-state index contributed by atoms with van der Waals surface area (Å²) >= 11 is 0. The standard InChI is InChI=1S/C20H32N2/c1-7-10-15-22(9-3)20(8-2)17(6)21-19-14-12-11-13-18(19)16(4)5/h11-14,20H,4,7-10,15H2,1-3,5-6H3. The van der Waals surface area contributed by atoms with Gasteiger partial charge in [0.2, 0.25) is 0 Å². The first-order chi connectivity index (χ1) is 10.5. The molecule has 2 nitrogen and oxygen atoms in total. The Morgan fingerprint density at radius 1 is 1.18 bits per heavy atom. The molecule has 1 aromatic carbocycles. The van der Waals surface area contributed by atoms with E-state index in [9.17, 15) is 0 Å².